The molecule has 0 aromatic heterocycles. The highest BCUT2D eigenvalue weighted by Gasteiger charge is 2.05. The molecule has 0 amide bonds. The van der Waals surface area contributed by atoms with E-state index in [-0.39, 0.29) is 0 Å². The van der Waals surface area contributed by atoms with Gasteiger partial charge in [0.2, 0.25) is 0 Å². The molecule has 0 fully saturated rings. The largest absolute Gasteiger partial charge is 0.314 e. The lowest BCUT2D eigenvalue weighted by molar-refractivity contribution is 0.548. The van der Waals surface area contributed by atoms with Crippen molar-refractivity contribution in [2.75, 3.05) is 6.54 Å². The third kappa shape index (κ3) is 3.69. The first-order chi connectivity index (χ1) is 6.59. The van der Waals surface area contributed by atoms with Gasteiger partial charge in [0.1, 0.15) is 0 Å². The maximum atomic E-state index is 5.83. The van der Waals surface area contributed by atoms with Gasteiger partial charge in [-0.2, -0.15) is 0 Å². The lowest BCUT2D eigenvalue weighted by Gasteiger charge is -2.15. The predicted octanol–water partition coefficient (Wildman–Crippen LogP) is 3.44. The van der Waals surface area contributed by atoms with Crippen LogP contribution in [0.3, 0.4) is 0 Å². The van der Waals surface area contributed by atoms with Crippen LogP contribution in [0.5, 0.6) is 0 Å². The van der Waals surface area contributed by atoms with Crippen LogP contribution in [0, 0.1) is 0 Å². The van der Waals surface area contributed by atoms with Crippen molar-refractivity contribution >= 4 is 11.6 Å². The summed E-state index contributed by atoms with van der Waals surface area (Å²) >= 11 is 5.83. The van der Waals surface area contributed by atoms with E-state index >= 15 is 0 Å². The third-order valence-corrected chi connectivity index (χ3v) is 2.52. The van der Waals surface area contributed by atoms with Crippen molar-refractivity contribution in [2.24, 2.45) is 0 Å². The summed E-state index contributed by atoms with van der Waals surface area (Å²) in [6.45, 7) is 7.56. The average molecular weight is 212 g/mol. The Hall–Kier alpha value is -0.530. The molecule has 0 radical (unpaired) electrons. The summed E-state index contributed by atoms with van der Waals surface area (Å²) in [6.07, 6.45) is 0. The Labute approximate surface area is 91.5 Å². The van der Waals surface area contributed by atoms with E-state index in [2.05, 4.69) is 38.2 Å². The summed E-state index contributed by atoms with van der Waals surface area (Å²) in [7, 11) is 0. The summed E-state index contributed by atoms with van der Waals surface area (Å²) in [6, 6.07) is 8.62. The van der Waals surface area contributed by atoms with Crippen molar-refractivity contribution in [1.29, 1.82) is 0 Å². The molecule has 0 aliphatic heterocycles. The van der Waals surface area contributed by atoms with Crippen molar-refractivity contribution in [3.63, 3.8) is 0 Å². The quantitative estimate of drug-likeness (QED) is 0.805. The molecule has 0 aliphatic carbocycles. The van der Waals surface area contributed by atoms with Crippen LogP contribution < -0.4 is 5.32 Å². The fourth-order valence-electron chi connectivity index (χ4n) is 1.32. The molecule has 2 heteroatoms. The molecule has 1 aromatic rings. The highest BCUT2D eigenvalue weighted by atomic mass is 35.5. The number of benzene rings is 1. The Morgan fingerprint density at radius 1 is 1.14 bits per heavy atom. The Morgan fingerprint density at radius 2 is 1.71 bits per heavy atom. The molecule has 1 N–H and O–H groups in total. The number of rotatable bonds is 4. The lowest BCUT2D eigenvalue weighted by Crippen LogP contribution is -2.26. The maximum Gasteiger partial charge on any atom is 0.0406 e. The van der Waals surface area contributed by atoms with Crippen LogP contribution >= 0.6 is 11.6 Å². The topological polar surface area (TPSA) is 12.0 Å². The summed E-state index contributed by atoms with van der Waals surface area (Å²) < 4.78 is 0. The van der Waals surface area contributed by atoms with Gasteiger partial charge in [0.25, 0.3) is 0 Å². The minimum atomic E-state index is 0.537. The molecule has 14 heavy (non-hydrogen) atoms. The second-order valence-electron chi connectivity index (χ2n) is 4.02. The van der Waals surface area contributed by atoms with E-state index in [1.165, 1.54) is 5.56 Å². The van der Waals surface area contributed by atoms with Crippen LogP contribution in [0.15, 0.2) is 24.3 Å². The van der Waals surface area contributed by atoms with Gasteiger partial charge >= 0.3 is 0 Å². The van der Waals surface area contributed by atoms with Gasteiger partial charge in [-0.1, -0.05) is 44.5 Å². The highest BCUT2D eigenvalue weighted by Crippen LogP contribution is 2.17. The first-order valence-electron chi connectivity index (χ1n) is 5.08. The normalized spacial score (nSPS) is 13.2. The first kappa shape index (κ1) is 11.5. The average Bonchev–Trinajstić information content (AvgIpc) is 2.15. The number of nitrogens with one attached hydrogen (secondary N) is 1. The van der Waals surface area contributed by atoms with E-state index < -0.39 is 0 Å². The summed E-state index contributed by atoms with van der Waals surface area (Å²) in [5.74, 6) is 0.537. The molecule has 0 saturated heterocycles. The van der Waals surface area contributed by atoms with Crippen molar-refractivity contribution in [3.8, 4) is 0 Å². The Kier molecular flexibility index (Phi) is 4.43. The second kappa shape index (κ2) is 5.38. The smallest absolute Gasteiger partial charge is 0.0406 e. The summed E-state index contributed by atoms with van der Waals surface area (Å²) in [5, 5.41) is 4.23. The third-order valence-electron chi connectivity index (χ3n) is 2.27. The van der Waals surface area contributed by atoms with Gasteiger partial charge in [-0.05, 0) is 23.6 Å². The Balaban J connectivity index is 2.52. The zero-order valence-corrected chi connectivity index (χ0v) is 9.81. The van der Waals surface area contributed by atoms with E-state index in [0.717, 1.165) is 11.6 Å². The van der Waals surface area contributed by atoms with E-state index in [1.807, 2.05) is 12.1 Å². The van der Waals surface area contributed by atoms with Crippen molar-refractivity contribution in [3.05, 3.63) is 34.9 Å². The molecule has 1 nitrogen and oxygen atoms in total. The van der Waals surface area contributed by atoms with E-state index in [9.17, 15) is 0 Å². The van der Waals surface area contributed by atoms with Crippen LogP contribution in [-0.4, -0.2) is 12.6 Å². The molecule has 0 bridgehead atoms. The molecular weight excluding hydrogens is 194 g/mol. The minimum Gasteiger partial charge on any atom is -0.314 e. The van der Waals surface area contributed by atoms with Crippen molar-refractivity contribution in [1.82, 2.24) is 5.32 Å². The SMILES string of the molecule is CC(C)NCC(C)c1ccc(Cl)cc1. The molecule has 0 saturated carbocycles. The van der Waals surface area contributed by atoms with Crippen LogP contribution in [0.1, 0.15) is 32.3 Å². The highest BCUT2D eigenvalue weighted by molar-refractivity contribution is 6.30. The van der Waals surface area contributed by atoms with Gasteiger partial charge in [0.05, 0.1) is 0 Å². The molecule has 1 unspecified atom stereocenters. The van der Waals surface area contributed by atoms with Gasteiger partial charge in [-0.15, -0.1) is 0 Å². The first-order valence-corrected chi connectivity index (χ1v) is 5.46. The van der Waals surface area contributed by atoms with E-state index in [4.69, 9.17) is 11.6 Å². The predicted molar refractivity (Wildman–Crippen MR) is 63.0 cm³/mol. The monoisotopic (exact) mass is 211 g/mol. The fraction of sp³-hybridized carbons (Fsp3) is 0.500. The minimum absolute atomic E-state index is 0.537. The number of hydrogen-bond acceptors (Lipinski definition) is 1. The molecule has 1 rings (SSSR count). The summed E-state index contributed by atoms with van der Waals surface area (Å²) in [5.41, 5.74) is 1.34. The molecule has 0 spiro atoms. The Bertz CT molecular complexity index is 266. The zero-order chi connectivity index (χ0) is 10.6. The molecular formula is C12H18ClN. The van der Waals surface area contributed by atoms with Crippen LogP contribution in [-0.2, 0) is 0 Å². The number of hydrogen-bond donors (Lipinski definition) is 1. The van der Waals surface area contributed by atoms with E-state index in [0.29, 0.717) is 12.0 Å². The van der Waals surface area contributed by atoms with Gasteiger partial charge < -0.3 is 5.32 Å². The number of halogens is 1. The molecule has 0 heterocycles. The molecule has 0 aliphatic rings. The van der Waals surface area contributed by atoms with Crippen molar-refractivity contribution < 1.29 is 0 Å². The molecule has 1 aromatic carbocycles. The fourth-order valence-corrected chi connectivity index (χ4v) is 1.45. The van der Waals surface area contributed by atoms with Crippen molar-refractivity contribution in [2.45, 2.75) is 32.7 Å². The van der Waals surface area contributed by atoms with Crippen LogP contribution in [0.25, 0.3) is 0 Å². The van der Waals surface area contributed by atoms with Gasteiger partial charge in [0, 0.05) is 17.6 Å². The molecule has 78 valence electrons. The lowest BCUT2D eigenvalue weighted by atomic mass is 10.0. The second-order valence-corrected chi connectivity index (χ2v) is 4.45. The van der Waals surface area contributed by atoms with Gasteiger partial charge in [0.15, 0.2) is 0 Å². The maximum absolute atomic E-state index is 5.83. The molecule has 1 atom stereocenters. The van der Waals surface area contributed by atoms with Gasteiger partial charge in [-0.25, -0.2) is 0 Å². The Morgan fingerprint density at radius 3 is 2.21 bits per heavy atom. The van der Waals surface area contributed by atoms with Crippen LogP contribution in [0.4, 0.5) is 0 Å². The van der Waals surface area contributed by atoms with Crippen LogP contribution in [0.2, 0.25) is 5.02 Å². The standard InChI is InChI=1S/C12H18ClN/c1-9(2)14-8-10(3)11-4-6-12(13)7-5-11/h4-7,9-10,14H,8H2,1-3H3. The summed E-state index contributed by atoms with van der Waals surface area (Å²) in [4.78, 5) is 0. The zero-order valence-electron chi connectivity index (χ0n) is 9.05. The van der Waals surface area contributed by atoms with Gasteiger partial charge in [-0.3, -0.25) is 0 Å². The van der Waals surface area contributed by atoms with E-state index in [1.54, 1.807) is 0 Å².